The van der Waals surface area contributed by atoms with Crippen molar-refractivity contribution in [1.82, 2.24) is 15.5 Å². The highest BCUT2D eigenvalue weighted by Crippen LogP contribution is 2.22. The van der Waals surface area contributed by atoms with Gasteiger partial charge in [-0.15, -0.1) is 11.3 Å². The van der Waals surface area contributed by atoms with E-state index in [1.54, 1.807) is 17.4 Å². The Bertz CT molecular complexity index is 1040. The maximum atomic E-state index is 12.2. The number of rotatable bonds is 6. The molecule has 7 heteroatoms. The Balaban J connectivity index is 1.35. The molecule has 132 valence electrons. The van der Waals surface area contributed by atoms with Crippen molar-refractivity contribution in [2.75, 3.05) is 6.54 Å². The molecule has 0 aliphatic heterocycles. The van der Waals surface area contributed by atoms with E-state index in [4.69, 9.17) is 16.1 Å². The molecular formula is C19H16ClN3O2S. The summed E-state index contributed by atoms with van der Waals surface area (Å²) < 4.78 is 5.26. The number of nitrogens with one attached hydrogen (secondary N) is 2. The largest absolute Gasteiger partial charge is 0.361 e. The highest BCUT2D eigenvalue weighted by Gasteiger charge is 2.13. The number of carbonyl (C=O) groups excluding carboxylic acids is 1. The minimum atomic E-state index is -0.232. The third-order valence-corrected chi connectivity index (χ3v) is 5.24. The van der Waals surface area contributed by atoms with E-state index >= 15 is 0 Å². The van der Waals surface area contributed by atoms with Crippen molar-refractivity contribution >= 4 is 39.7 Å². The second-order valence-corrected chi connectivity index (χ2v) is 7.41. The number of carbonyl (C=O) groups is 1. The molecule has 0 saturated heterocycles. The lowest BCUT2D eigenvalue weighted by Crippen LogP contribution is -2.25. The Morgan fingerprint density at radius 1 is 1.31 bits per heavy atom. The van der Waals surface area contributed by atoms with Crippen molar-refractivity contribution in [3.8, 4) is 0 Å². The second kappa shape index (κ2) is 7.35. The summed E-state index contributed by atoms with van der Waals surface area (Å²) in [5.74, 6) is 0.452. The number of halogens is 1. The Hall–Kier alpha value is -2.57. The van der Waals surface area contributed by atoms with Crippen molar-refractivity contribution in [2.45, 2.75) is 12.8 Å². The maximum absolute atomic E-state index is 12.2. The van der Waals surface area contributed by atoms with E-state index in [-0.39, 0.29) is 5.91 Å². The van der Waals surface area contributed by atoms with E-state index in [9.17, 15) is 4.79 Å². The molecule has 1 amide bonds. The van der Waals surface area contributed by atoms with E-state index in [1.807, 2.05) is 41.9 Å². The van der Waals surface area contributed by atoms with E-state index in [0.717, 1.165) is 16.5 Å². The lowest BCUT2D eigenvalue weighted by molar-refractivity contribution is 0.0945. The lowest BCUT2D eigenvalue weighted by Gasteiger charge is -2.02. The predicted octanol–water partition coefficient (Wildman–Crippen LogP) is 4.43. The molecule has 3 heterocycles. The first-order chi connectivity index (χ1) is 12.7. The monoisotopic (exact) mass is 385 g/mol. The number of amides is 1. The van der Waals surface area contributed by atoms with Crippen LogP contribution in [0.5, 0.6) is 0 Å². The van der Waals surface area contributed by atoms with Gasteiger partial charge in [-0.25, -0.2) is 0 Å². The number of H-pyrrole nitrogens is 1. The summed E-state index contributed by atoms with van der Waals surface area (Å²) in [6.45, 7) is 0.505. The van der Waals surface area contributed by atoms with Crippen LogP contribution in [0.25, 0.3) is 10.9 Å². The number of hydrogen-bond acceptors (Lipinski definition) is 4. The van der Waals surface area contributed by atoms with Gasteiger partial charge in [0.25, 0.3) is 5.91 Å². The first-order valence-corrected chi connectivity index (χ1v) is 9.46. The van der Waals surface area contributed by atoms with Gasteiger partial charge in [0.2, 0.25) is 0 Å². The van der Waals surface area contributed by atoms with Gasteiger partial charge in [0, 0.05) is 46.0 Å². The van der Waals surface area contributed by atoms with Gasteiger partial charge in [-0.2, -0.15) is 0 Å². The van der Waals surface area contributed by atoms with Gasteiger partial charge in [0.15, 0.2) is 5.69 Å². The van der Waals surface area contributed by atoms with Crippen molar-refractivity contribution in [3.63, 3.8) is 0 Å². The van der Waals surface area contributed by atoms with Gasteiger partial charge in [0.1, 0.15) is 5.76 Å². The summed E-state index contributed by atoms with van der Waals surface area (Å²) in [7, 11) is 0. The van der Waals surface area contributed by atoms with Crippen molar-refractivity contribution in [1.29, 1.82) is 0 Å². The van der Waals surface area contributed by atoms with Gasteiger partial charge in [0.05, 0.1) is 0 Å². The topological polar surface area (TPSA) is 70.9 Å². The molecule has 0 fully saturated rings. The van der Waals surface area contributed by atoms with Gasteiger partial charge in [-0.1, -0.05) is 22.8 Å². The van der Waals surface area contributed by atoms with Crippen LogP contribution < -0.4 is 5.32 Å². The molecule has 0 aliphatic carbocycles. The zero-order valence-corrected chi connectivity index (χ0v) is 15.4. The summed E-state index contributed by atoms with van der Waals surface area (Å²) in [5, 5.41) is 10.5. The quantitative estimate of drug-likeness (QED) is 0.515. The van der Waals surface area contributed by atoms with Crippen LogP contribution in [0, 0.1) is 0 Å². The van der Waals surface area contributed by atoms with E-state index in [1.165, 1.54) is 4.88 Å². The first-order valence-electron chi connectivity index (χ1n) is 8.21. The van der Waals surface area contributed by atoms with Crippen LogP contribution in [-0.2, 0) is 12.8 Å². The SMILES string of the molecule is O=C(NCCc1c[nH]c2ccc(Cl)cc12)c1cc(Cc2cccs2)on1. The lowest BCUT2D eigenvalue weighted by atomic mass is 10.1. The first kappa shape index (κ1) is 16.9. The summed E-state index contributed by atoms with van der Waals surface area (Å²) in [4.78, 5) is 16.6. The molecule has 0 bridgehead atoms. The molecule has 0 atom stereocenters. The molecule has 0 unspecified atom stereocenters. The van der Waals surface area contributed by atoms with E-state index in [0.29, 0.717) is 35.9 Å². The highest BCUT2D eigenvalue weighted by atomic mass is 35.5. The van der Waals surface area contributed by atoms with Crippen LogP contribution >= 0.6 is 22.9 Å². The molecule has 4 rings (SSSR count). The molecule has 1 aromatic carbocycles. The number of thiophene rings is 1. The van der Waals surface area contributed by atoms with Crippen LogP contribution in [0.15, 0.2) is 52.5 Å². The average molecular weight is 386 g/mol. The summed E-state index contributed by atoms with van der Waals surface area (Å²) in [6, 6.07) is 11.4. The molecule has 2 N–H and O–H groups in total. The Morgan fingerprint density at radius 3 is 3.08 bits per heavy atom. The summed E-state index contributed by atoms with van der Waals surface area (Å²) >= 11 is 7.71. The van der Waals surface area contributed by atoms with Crippen LogP contribution in [0.1, 0.15) is 26.7 Å². The molecule has 26 heavy (non-hydrogen) atoms. The zero-order valence-electron chi connectivity index (χ0n) is 13.8. The standard InChI is InChI=1S/C19H16ClN3O2S/c20-13-3-4-17-16(8-13)12(11-22-17)5-6-21-19(24)18-10-14(25-23-18)9-15-2-1-7-26-15/h1-4,7-8,10-11,22H,5-6,9H2,(H,21,24). The van der Waals surface area contributed by atoms with E-state index < -0.39 is 0 Å². The predicted molar refractivity (Wildman–Crippen MR) is 103 cm³/mol. The number of hydrogen-bond donors (Lipinski definition) is 2. The number of aromatic nitrogens is 2. The smallest absolute Gasteiger partial charge is 0.273 e. The number of nitrogens with zero attached hydrogens (tertiary/aromatic N) is 1. The minimum Gasteiger partial charge on any atom is -0.361 e. The number of fused-ring (bicyclic) bond motifs is 1. The van der Waals surface area contributed by atoms with Gasteiger partial charge < -0.3 is 14.8 Å². The third-order valence-electron chi connectivity index (χ3n) is 4.13. The molecule has 5 nitrogen and oxygen atoms in total. The molecule has 0 radical (unpaired) electrons. The Kier molecular flexibility index (Phi) is 4.77. The van der Waals surface area contributed by atoms with Gasteiger partial charge in [-0.05, 0) is 41.6 Å². The fourth-order valence-corrected chi connectivity index (χ4v) is 3.73. The van der Waals surface area contributed by atoms with Crippen molar-refractivity contribution in [3.05, 3.63) is 74.9 Å². The second-order valence-electron chi connectivity index (χ2n) is 5.94. The number of benzene rings is 1. The molecule has 0 spiro atoms. The van der Waals surface area contributed by atoms with Crippen molar-refractivity contribution in [2.24, 2.45) is 0 Å². The number of aromatic amines is 1. The zero-order chi connectivity index (χ0) is 17.9. The molecule has 3 aromatic heterocycles. The molecule has 4 aromatic rings. The Labute approximate surface area is 159 Å². The highest BCUT2D eigenvalue weighted by molar-refractivity contribution is 7.09. The van der Waals surface area contributed by atoms with Gasteiger partial charge >= 0.3 is 0 Å². The van der Waals surface area contributed by atoms with Crippen LogP contribution in [-0.4, -0.2) is 22.6 Å². The minimum absolute atomic E-state index is 0.232. The molecule has 0 saturated carbocycles. The maximum Gasteiger partial charge on any atom is 0.273 e. The van der Waals surface area contributed by atoms with E-state index in [2.05, 4.69) is 15.5 Å². The Morgan fingerprint density at radius 2 is 2.23 bits per heavy atom. The fraction of sp³-hybridized carbons (Fsp3) is 0.158. The van der Waals surface area contributed by atoms with Crippen LogP contribution in [0.3, 0.4) is 0 Å². The van der Waals surface area contributed by atoms with Crippen molar-refractivity contribution < 1.29 is 9.32 Å². The fourth-order valence-electron chi connectivity index (χ4n) is 2.85. The summed E-state index contributed by atoms with van der Waals surface area (Å²) in [5.41, 5.74) is 2.45. The molecular weight excluding hydrogens is 370 g/mol. The molecule has 0 aliphatic rings. The summed E-state index contributed by atoms with van der Waals surface area (Å²) in [6.07, 6.45) is 3.29. The van der Waals surface area contributed by atoms with Gasteiger partial charge in [-0.3, -0.25) is 4.79 Å². The third kappa shape index (κ3) is 3.66. The van der Waals surface area contributed by atoms with Crippen LogP contribution in [0.2, 0.25) is 5.02 Å². The van der Waals surface area contributed by atoms with Crippen LogP contribution in [0.4, 0.5) is 0 Å². The normalized spacial score (nSPS) is 11.1. The average Bonchev–Trinajstić information content (AvgIpc) is 3.37.